The third-order valence-electron chi connectivity index (χ3n) is 6.06. The molecule has 2 fully saturated rings. The molecule has 0 spiro atoms. The van der Waals surface area contributed by atoms with Crippen molar-refractivity contribution in [1.82, 2.24) is 5.01 Å². The standard InChI is InChI=1S/C23H17BrClFN2O3/c24-17-7-13(8-18(25)21(17)31-11-12-2-1-3-16(26)6-12)10-27-28-22(29)19-14-4-5-15(9-14)20(19)23(28)30/h1-8,10,14-15,19-20H,9,11H2/t14-,15-,19-,20+/m0/s1. The largest absolute Gasteiger partial charge is 0.486 e. The van der Waals surface area contributed by atoms with E-state index in [1.54, 1.807) is 24.3 Å². The fourth-order valence-electron chi connectivity index (χ4n) is 4.70. The van der Waals surface area contributed by atoms with Crippen molar-refractivity contribution in [2.75, 3.05) is 0 Å². The number of halogens is 3. The highest BCUT2D eigenvalue weighted by molar-refractivity contribution is 9.10. The van der Waals surface area contributed by atoms with Crippen LogP contribution in [0.3, 0.4) is 0 Å². The Morgan fingerprint density at radius 1 is 1.16 bits per heavy atom. The van der Waals surface area contributed by atoms with E-state index >= 15 is 0 Å². The molecule has 2 amide bonds. The molecule has 8 heteroatoms. The number of nitrogens with zero attached hydrogens (tertiary/aromatic N) is 2. The van der Waals surface area contributed by atoms with Gasteiger partial charge in [-0.3, -0.25) is 9.59 Å². The predicted molar refractivity (Wildman–Crippen MR) is 117 cm³/mol. The van der Waals surface area contributed by atoms with E-state index in [1.807, 2.05) is 12.2 Å². The number of carbonyl (C=O) groups is 2. The number of amides is 2. The molecular weight excluding hydrogens is 487 g/mol. The molecule has 2 aliphatic carbocycles. The van der Waals surface area contributed by atoms with Crippen LogP contribution in [0.1, 0.15) is 17.5 Å². The van der Waals surface area contributed by atoms with Gasteiger partial charge in [0, 0.05) is 0 Å². The van der Waals surface area contributed by atoms with Crippen LogP contribution in [0.25, 0.3) is 0 Å². The van der Waals surface area contributed by atoms with Crippen molar-refractivity contribution in [2.45, 2.75) is 13.0 Å². The maximum Gasteiger partial charge on any atom is 0.254 e. The van der Waals surface area contributed by atoms with E-state index < -0.39 is 0 Å². The number of imide groups is 1. The van der Waals surface area contributed by atoms with Crippen LogP contribution >= 0.6 is 27.5 Å². The summed E-state index contributed by atoms with van der Waals surface area (Å²) in [7, 11) is 0. The molecule has 5 nitrogen and oxygen atoms in total. The average molecular weight is 504 g/mol. The lowest BCUT2D eigenvalue weighted by atomic mass is 9.85. The van der Waals surface area contributed by atoms with Gasteiger partial charge in [-0.25, -0.2) is 4.39 Å². The Labute approximate surface area is 191 Å². The summed E-state index contributed by atoms with van der Waals surface area (Å²) < 4.78 is 19.7. The molecule has 5 rings (SSSR count). The van der Waals surface area contributed by atoms with Gasteiger partial charge in [0.2, 0.25) is 0 Å². The summed E-state index contributed by atoms with van der Waals surface area (Å²) in [5.74, 6) is -0.673. The lowest BCUT2D eigenvalue weighted by molar-refractivity contribution is -0.140. The molecule has 1 saturated carbocycles. The van der Waals surface area contributed by atoms with Gasteiger partial charge in [0.15, 0.2) is 5.75 Å². The van der Waals surface area contributed by atoms with E-state index in [2.05, 4.69) is 21.0 Å². The zero-order chi connectivity index (χ0) is 21.7. The van der Waals surface area contributed by atoms with Crippen molar-refractivity contribution in [2.24, 2.45) is 28.8 Å². The monoisotopic (exact) mass is 502 g/mol. The van der Waals surface area contributed by atoms with Gasteiger partial charge >= 0.3 is 0 Å². The molecule has 158 valence electrons. The number of carbonyl (C=O) groups excluding carboxylic acids is 2. The average Bonchev–Trinajstić information content (AvgIpc) is 3.40. The Hall–Kier alpha value is -2.51. The normalized spacial score (nSPS) is 26.4. The first-order valence-electron chi connectivity index (χ1n) is 9.89. The second kappa shape index (κ2) is 7.88. The van der Waals surface area contributed by atoms with Crippen LogP contribution in [0.5, 0.6) is 5.75 Å². The summed E-state index contributed by atoms with van der Waals surface area (Å²) in [5.41, 5.74) is 1.28. The Morgan fingerprint density at radius 2 is 1.87 bits per heavy atom. The van der Waals surface area contributed by atoms with Gasteiger partial charge in [0.1, 0.15) is 12.4 Å². The number of hydrogen-bond acceptors (Lipinski definition) is 4. The molecule has 0 radical (unpaired) electrons. The van der Waals surface area contributed by atoms with Gasteiger partial charge in [0.05, 0.1) is 27.5 Å². The van der Waals surface area contributed by atoms with Crippen LogP contribution < -0.4 is 4.74 Å². The van der Waals surface area contributed by atoms with Crippen LogP contribution in [-0.4, -0.2) is 23.0 Å². The first-order valence-corrected chi connectivity index (χ1v) is 11.1. The smallest absolute Gasteiger partial charge is 0.254 e. The topological polar surface area (TPSA) is 59.0 Å². The van der Waals surface area contributed by atoms with E-state index in [-0.39, 0.29) is 47.9 Å². The number of hydrazone groups is 1. The Bertz CT molecular complexity index is 1100. The minimum atomic E-state index is -0.336. The lowest BCUT2D eigenvalue weighted by Crippen LogP contribution is -2.28. The molecule has 0 unspecified atom stereocenters. The highest BCUT2D eigenvalue weighted by Gasteiger charge is 2.59. The van der Waals surface area contributed by atoms with Gasteiger partial charge in [-0.1, -0.05) is 35.9 Å². The van der Waals surface area contributed by atoms with Crippen LogP contribution in [0.4, 0.5) is 4.39 Å². The summed E-state index contributed by atoms with van der Waals surface area (Å²) in [4.78, 5) is 25.4. The van der Waals surface area contributed by atoms with Crippen molar-refractivity contribution in [3.05, 3.63) is 75.0 Å². The van der Waals surface area contributed by atoms with Crippen LogP contribution in [0, 0.1) is 29.5 Å². The van der Waals surface area contributed by atoms with Crippen molar-refractivity contribution in [3.8, 4) is 5.75 Å². The molecule has 2 bridgehead atoms. The Morgan fingerprint density at radius 3 is 2.52 bits per heavy atom. The number of fused-ring (bicyclic) bond motifs is 5. The fourth-order valence-corrected chi connectivity index (χ4v) is 5.69. The quantitative estimate of drug-likeness (QED) is 0.329. The molecule has 2 aromatic carbocycles. The van der Waals surface area contributed by atoms with E-state index in [4.69, 9.17) is 16.3 Å². The highest BCUT2D eigenvalue weighted by Crippen LogP contribution is 2.52. The molecule has 1 saturated heterocycles. The second-order valence-electron chi connectivity index (χ2n) is 7.96. The summed E-state index contributed by atoms with van der Waals surface area (Å²) >= 11 is 9.79. The number of ether oxygens (including phenoxy) is 1. The molecule has 4 atom stereocenters. The maximum atomic E-state index is 13.3. The Balaban J connectivity index is 1.31. The summed E-state index contributed by atoms with van der Waals surface area (Å²) in [6, 6.07) is 9.49. The molecule has 0 aromatic heterocycles. The first kappa shape index (κ1) is 20.4. The molecule has 1 heterocycles. The summed E-state index contributed by atoms with van der Waals surface area (Å²) in [6.07, 6.45) is 6.41. The van der Waals surface area contributed by atoms with Crippen molar-refractivity contribution in [3.63, 3.8) is 0 Å². The molecule has 3 aliphatic rings. The predicted octanol–water partition coefficient (Wildman–Crippen LogP) is 4.96. The van der Waals surface area contributed by atoms with E-state index in [0.29, 0.717) is 26.4 Å². The third kappa shape index (κ3) is 3.59. The van der Waals surface area contributed by atoms with E-state index in [1.165, 1.54) is 18.3 Å². The number of allylic oxidation sites excluding steroid dienone is 2. The van der Waals surface area contributed by atoms with Gasteiger partial charge in [0.25, 0.3) is 11.8 Å². The molecule has 0 N–H and O–H groups in total. The minimum Gasteiger partial charge on any atom is -0.486 e. The minimum absolute atomic E-state index is 0.143. The number of hydrogen-bond donors (Lipinski definition) is 0. The summed E-state index contributed by atoms with van der Waals surface area (Å²) in [6.45, 7) is 0.152. The van der Waals surface area contributed by atoms with Gasteiger partial charge in [-0.2, -0.15) is 10.1 Å². The zero-order valence-electron chi connectivity index (χ0n) is 16.2. The molecule has 1 aliphatic heterocycles. The summed E-state index contributed by atoms with van der Waals surface area (Å²) in [5, 5.41) is 5.49. The lowest BCUT2D eigenvalue weighted by Gasteiger charge is -2.13. The van der Waals surface area contributed by atoms with E-state index in [0.717, 1.165) is 11.4 Å². The van der Waals surface area contributed by atoms with Crippen LogP contribution in [0.15, 0.2) is 58.1 Å². The SMILES string of the molecule is O=C1[C@@H]2[C@H](C(=O)N1N=Cc1cc(Cl)c(OCc3cccc(F)c3)c(Br)c1)[C@H]1C=C[C@H]2C1. The van der Waals surface area contributed by atoms with Crippen LogP contribution in [0.2, 0.25) is 5.02 Å². The maximum absolute atomic E-state index is 13.3. The zero-order valence-corrected chi connectivity index (χ0v) is 18.5. The third-order valence-corrected chi connectivity index (χ3v) is 6.93. The Kier molecular flexibility index (Phi) is 5.18. The van der Waals surface area contributed by atoms with Crippen LogP contribution in [-0.2, 0) is 16.2 Å². The molecular formula is C23H17BrClFN2O3. The highest BCUT2D eigenvalue weighted by atomic mass is 79.9. The molecule has 2 aromatic rings. The first-order chi connectivity index (χ1) is 14.9. The van der Waals surface area contributed by atoms with Crippen molar-refractivity contribution < 1.29 is 18.7 Å². The number of benzene rings is 2. The second-order valence-corrected chi connectivity index (χ2v) is 9.23. The van der Waals surface area contributed by atoms with Gasteiger partial charge in [-0.15, -0.1) is 0 Å². The fraction of sp³-hybridized carbons (Fsp3) is 0.261. The van der Waals surface area contributed by atoms with Gasteiger partial charge in [-0.05, 0) is 69.6 Å². The van der Waals surface area contributed by atoms with E-state index in [9.17, 15) is 14.0 Å². The van der Waals surface area contributed by atoms with Crippen molar-refractivity contribution in [1.29, 1.82) is 0 Å². The number of rotatable bonds is 5. The molecule has 31 heavy (non-hydrogen) atoms. The van der Waals surface area contributed by atoms with Crippen molar-refractivity contribution >= 4 is 45.6 Å². The van der Waals surface area contributed by atoms with Gasteiger partial charge < -0.3 is 4.74 Å².